The minimum atomic E-state index is -1.55. The smallest absolute Gasteiger partial charge is 0.252 e. The summed E-state index contributed by atoms with van der Waals surface area (Å²) in [6, 6.07) is 12.1. The highest BCUT2D eigenvalue weighted by Crippen LogP contribution is 2.37. The molecule has 2 aliphatic heterocycles. The summed E-state index contributed by atoms with van der Waals surface area (Å²) < 4.78 is 13.1. The number of carbonyl (C=O) groups excluding carboxylic acids is 1. The lowest BCUT2D eigenvalue weighted by molar-refractivity contribution is -0.000196. The fourth-order valence-electron chi connectivity index (χ4n) is 3.03. The first-order valence-corrected chi connectivity index (χ1v) is 10.3. The number of carbonyl (C=O) groups is 1. The zero-order chi connectivity index (χ0) is 21.1. The molecule has 0 radical (unpaired) electrons. The first-order chi connectivity index (χ1) is 14.6. The number of hydrogen-bond acceptors (Lipinski definition) is 6. The molecule has 150 valence electrons. The molecule has 0 bridgehead atoms. The van der Waals surface area contributed by atoms with E-state index in [0.29, 0.717) is 32.4 Å². The number of azo groups is 1. The molecule has 4 rings (SSSR count). The van der Waals surface area contributed by atoms with Crippen LogP contribution in [0.5, 0.6) is 0 Å². The number of nitrogens with zero attached hydrogens (tertiary/aromatic N) is 3. The van der Waals surface area contributed by atoms with E-state index in [1.165, 1.54) is 13.2 Å². The molecule has 2 aromatic carbocycles. The lowest BCUT2D eigenvalue weighted by Crippen LogP contribution is -2.19. The lowest BCUT2D eigenvalue weighted by atomic mass is 10.1. The van der Waals surface area contributed by atoms with Gasteiger partial charge in [-0.25, -0.2) is 9.27 Å². The number of hydrogen-bond donors (Lipinski definition) is 2. The summed E-state index contributed by atoms with van der Waals surface area (Å²) in [5.41, 5.74) is 3.00. The monoisotopic (exact) mass is 418 g/mol. The molecule has 2 N–H and O–H groups in total. The Balaban J connectivity index is 1.63. The fourth-order valence-corrected chi connectivity index (χ4v) is 4.26. The number of allylic oxidation sites excluding steroid dienone is 5. The number of benzene rings is 2. The third-order valence-electron chi connectivity index (χ3n) is 4.57. The fraction of sp³-hybridized carbons (Fsp3) is 0.0455. The van der Waals surface area contributed by atoms with Gasteiger partial charge in [0.25, 0.3) is 5.91 Å². The van der Waals surface area contributed by atoms with Gasteiger partial charge in [-0.3, -0.25) is 10.0 Å². The van der Waals surface area contributed by atoms with Crippen molar-refractivity contribution >= 4 is 28.1 Å². The van der Waals surface area contributed by atoms with Crippen molar-refractivity contribution in [2.75, 3.05) is 7.05 Å². The van der Waals surface area contributed by atoms with Crippen LogP contribution in [0, 0.1) is 0 Å². The maximum Gasteiger partial charge on any atom is 0.252 e. The van der Waals surface area contributed by atoms with Crippen LogP contribution in [-0.2, 0) is 10.8 Å². The van der Waals surface area contributed by atoms with Gasteiger partial charge in [0, 0.05) is 23.7 Å². The standard InChI is InChI=1S/C22H18N4O3S/c1-23-22(27)18-7-2-3-8-21(18)30(29)16-10-11-17-19(24-25-20(17)14-16)12-9-15-6-4-5-13-26(15)28/h2-14,28H,1H3,(H,23,27). The van der Waals surface area contributed by atoms with Crippen molar-refractivity contribution < 1.29 is 14.2 Å². The van der Waals surface area contributed by atoms with E-state index in [-0.39, 0.29) is 5.91 Å². The van der Waals surface area contributed by atoms with Crippen LogP contribution in [0.15, 0.2) is 105 Å². The van der Waals surface area contributed by atoms with Crippen LogP contribution in [0.2, 0.25) is 0 Å². The van der Waals surface area contributed by atoms with Gasteiger partial charge >= 0.3 is 0 Å². The predicted octanol–water partition coefficient (Wildman–Crippen LogP) is 4.31. The first-order valence-electron chi connectivity index (χ1n) is 9.12. The molecule has 8 heteroatoms. The Bertz CT molecular complexity index is 1190. The molecule has 1 amide bonds. The van der Waals surface area contributed by atoms with Crippen molar-refractivity contribution in [1.82, 2.24) is 10.4 Å². The number of fused-ring (bicyclic) bond motifs is 1. The number of hydroxylamine groups is 2. The van der Waals surface area contributed by atoms with Crippen molar-refractivity contribution in [2.24, 2.45) is 10.2 Å². The van der Waals surface area contributed by atoms with Crippen molar-refractivity contribution in [2.45, 2.75) is 9.79 Å². The van der Waals surface area contributed by atoms with E-state index in [0.717, 1.165) is 10.6 Å². The van der Waals surface area contributed by atoms with Crippen LogP contribution < -0.4 is 5.32 Å². The minimum Gasteiger partial charge on any atom is -0.355 e. The lowest BCUT2D eigenvalue weighted by Gasteiger charge is -2.14. The van der Waals surface area contributed by atoms with Crippen LogP contribution >= 0.6 is 0 Å². The summed E-state index contributed by atoms with van der Waals surface area (Å²) in [7, 11) is -0.00876. The maximum atomic E-state index is 13.1. The van der Waals surface area contributed by atoms with Crippen molar-refractivity contribution in [3.63, 3.8) is 0 Å². The van der Waals surface area contributed by atoms with Crippen LogP contribution in [-0.4, -0.2) is 27.4 Å². The number of amides is 1. The molecule has 0 saturated carbocycles. The highest BCUT2D eigenvalue weighted by molar-refractivity contribution is 7.85. The molecule has 2 heterocycles. The van der Waals surface area contributed by atoms with Crippen molar-refractivity contribution in [1.29, 1.82) is 0 Å². The number of nitrogens with one attached hydrogen (secondary N) is 1. The largest absolute Gasteiger partial charge is 0.355 e. The summed E-state index contributed by atoms with van der Waals surface area (Å²) in [6.45, 7) is 0. The van der Waals surface area contributed by atoms with Gasteiger partial charge in [-0.2, -0.15) is 0 Å². The highest BCUT2D eigenvalue weighted by Gasteiger charge is 2.20. The topological polar surface area (TPSA) is 94.4 Å². The van der Waals surface area contributed by atoms with Crippen LogP contribution in [0.4, 0.5) is 5.69 Å². The van der Waals surface area contributed by atoms with Gasteiger partial charge in [-0.1, -0.05) is 18.2 Å². The third kappa shape index (κ3) is 3.78. The maximum absolute atomic E-state index is 13.1. The van der Waals surface area contributed by atoms with E-state index in [4.69, 9.17) is 0 Å². The molecular formula is C22H18N4O3S. The Morgan fingerprint density at radius 1 is 1.13 bits per heavy atom. The van der Waals surface area contributed by atoms with Gasteiger partial charge in [0.1, 0.15) is 0 Å². The molecular weight excluding hydrogens is 400 g/mol. The van der Waals surface area contributed by atoms with Gasteiger partial charge in [0.15, 0.2) is 0 Å². The van der Waals surface area contributed by atoms with E-state index in [1.54, 1.807) is 60.7 Å². The van der Waals surface area contributed by atoms with Gasteiger partial charge in [-0.05, 0) is 54.6 Å². The molecule has 2 aromatic rings. The molecule has 0 saturated heterocycles. The molecule has 0 aliphatic carbocycles. The normalized spacial score (nSPS) is 18.1. The Hall–Kier alpha value is -3.62. The van der Waals surface area contributed by atoms with Gasteiger partial charge in [-0.15, -0.1) is 10.2 Å². The van der Waals surface area contributed by atoms with Gasteiger partial charge < -0.3 is 5.32 Å². The Labute approximate surface area is 175 Å². The molecule has 30 heavy (non-hydrogen) atoms. The number of rotatable bonds is 4. The highest BCUT2D eigenvalue weighted by atomic mass is 32.2. The second-order valence-corrected chi connectivity index (χ2v) is 7.86. The summed E-state index contributed by atoms with van der Waals surface area (Å²) in [6.07, 6.45) is 10.3. The third-order valence-corrected chi connectivity index (χ3v) is 6.00. The second kappa shape index (κ2) is 8.40. The van der Waals surface area contributed by atoms with Gasteiger partial charge in [0.2, 0.25) is 0 Å². The van der Waals surface area contributed by atoms with Gasteiger partial charge in [0.05, 0.1) is 38.3 Å². The molecule has 0 spiro atoms. The molecule has 0 aromatic heterocycles. The van der Waals surface area contributed by atoms with Crippen LogP contribution in [0.25, 0.3) is 5.70 Å². The molecule has 0 fully saturated rings. The first kappa shape index (κ1) is 19.7. The quantitative estimate of drug-likeness (QED) is 0.774. The molecule has 1 unspecified atom stereocenters. The van der Waals surface area contributed by atoms with E-state index >= 15 is 0 Å². The summed E-state index contributed by atoms with van der Waals surface area (Å²) in [4.78, 5) is 13.1. The summed E-state index contributed by atoms with van der Waals surface area (Å²) in [5.74, 6) is -0.289. The van der Waals surface area contributed by atoms with Crippen molar-refractivity contribution in [3.05, 3.63) is 95.9 Å². The Morgan fingerprint density at radius 2 is 1.97 bits per heavy atom. The zero-order valence-corrected chi connectivity index (χ0v) is 16.8. The molecule has 7 nitrogen and oxygen atoms in total. The Morgan fingerprint density at radius 3 is 2.77 bits per heavy atom. The van der Waals surface area contributed by atoms with Crippen molar-refractivity contribution in [3.8, 4) is 0 Å². The zero-order valence-electron chi connectivity index (χ0n) is 16.0. The average molecular weight is 418 g/mol. The second-order valence-electron chi connectivity index (χ2n) is 6.41. The average Bonchev–Trinajstić information content (AvgIpc) is 3.19. The predicted molar refractivity (Wildman–Crippen MR) is 113 cm³/mol. The van der Waals surface area contributed by atoms with Crippen LogP contribution in [0.1, 0.15) is 15.9 Å². The SMILES string of the molecule is CNC(=O)c1ccccc1S(=O)c1ccc2c(c1)N=NC2=CC=C1C=CC=CN1O. The summed E-state index contributed by atoms with van der Waals surface area (Å²) >= 11 is 0. The van der Waals surface area contributed by atoms with E-state index < -0.39 is 10.8 Å². The van der Waals surface area contributed by atoms with E-state index in [2.05, 4.69) is 15.5 Å². The van der Waals surface area contributed by atoms with E-state index in [1.807, 2.05) is 12.1 Å². The van der Waals surface area contributed by atoms with E-state index in [9.17, 15) is 14.2 Å². The molecule has 2 aliphatic rings. The Kier molecular flexibility index (Phi) is 5.51. The van der Waals surface area contributed by atoms with Crippen LogP contribution in [0.3, 0.4) is 0 Å². The minimum absolute atomic E-state index is 0.289. The molecule has 1 atom stereocenters. The summed E-state index contributed by atoms with van der Waals surface area (Å²) in [5, 5.41) is 21.7.